The van der Waals surface area contributed by atoms with Crippen molar-refractivity contribution in [2.45, 2.75) is 37.7 Å². The van der Waals surface area contributed by atoms with Crippen molar-refractivity contribution in [3.63, 3.8) is 0 Å². The summed E-state index contributed by atoms with van der Waals surface area (Å²) in [6, 6.07) is 6.68. The minimum Gasteiger partial charge on any atom is -0.388 e. The first-order valence-corrected chi connectivity index (χ1v) is 9.35. The molecule has 0 unspecified atom stereocenters. The van der Waals surface area contributed by atoms with Gasteiger partial charge in [0, 0.05) is 25.5 Å². The van der Waals surface area contributed by atoms with Crippen LogP contribution in [-0.4, -0.2) is 40.2 Å². The van der Waals surface area contributed by atoms with E-state index in [4.69, 9.17) is 11.6 Å². The molecule has 1 heterocycles. The Labute approximate surface area is 162 Å². The Morgan fingerprint density at radius 1 is 1.33 bits per heavy atom. The minimum absolute atomic E-state index is 0.206. The van der Waals surface area contributed by atoms with Crippen LogP contribution in [0.5, 0.6) is 0 Å². The van der Waals surface area contributed by atoms with Gasteiger partial charge in [-0.2, -0.15) is 4.98 Å². The maximum absolute atomic E-state index is 12.6. The van der Waals surface area contributed by atoms with Crippen LogP contribution in [0.4, 0.5) is 11.5 Å². The van der Waals surface area contributed by atoms with Crippen LogP contribution < -0.4 is 15.9 Å². The number of carbonyl (C=O) groups is 1. The largest absolute Gasteiger partial charge is 0.388 e. The fourth-order valence-electron chi connectivity index (χ4n) is 3.30. The molecule has 1 aliphatic carbocycles. The molecule has 0 spiro atoms. The Morgan fingerprint density at radius 3 is 2.78 bits per heavy atom. The minimum atomic E-state index is -0.843. The summed E-state index contributed by atoms with van der Waals surface area (Å²) in [5.74, 6) is 0.108. The van der Waals surface area contributed by atoms with E-state index in [-0.39, 0.29) is 12.5 Å². The highest BCUT2D eigenvalue weighted by Crippen LogP contribution is 2.28. The Hall–Kier alpha value is -2.38. The standard InChI is InChI=1S/C19H23ClN4O3/c1-24(16-7-10-21-18(26)23-16)13-5-6-15(20)14(11-13)17(25)22-12-19(27)8-3-2-4-9-19/h5-7,10-11,27H,2-4,8-9,12H2,1H3,(H,22,25)(H,21,23,26). The van der Waals surface area contributed by atoms with Crippen LogP contribution in [-0.2, 0) is 0 Å². The van der Waals surface area contributed by atoms with Crippen molar-refractivity contribution >= 4 is 29.0 Å². The third kappa shape index (κ3) is 4.67. The number of hydrogen-bond donors (Lipinski definition) is 3. The van der Waals surface area contributed by atoms with Gasteiger partial charge in [0.1, 0.15) is 5.82 Å². The maximum atomic E-state index is 12.6. The summed E-state index contributed by atoms with van der Waals surface area (Å²) in [6.45, 7) is 0.206. The van der Waals surface area contributed by atoms with Gasteiger partial charge in [0.05, 0.1) is 16.2 Å². The summed E-state index contributed by atoms with van der Waals surface area (Å²) < 4.78 is 0. The molecule has 8 heteroatoms. The molecule has 1 fully saturated rings. The Kier molecular flexibility index (Phi) is 5.82. The van der Waals surface area contributed by atoms with Crippen molar-refractivity contribution < 1.29 is 9.90 Å². The number of rotatable bonds is 5. The van der Waals surface area contributed by atoms with Crippen LogP contribution in [0.1, 0.15) is 42.5 Å². The zero-order valence-corrected chi connectivity index (χ0v) is 15.9. The van der Waals surface area contributed by atoms with Gasteiger partial charge in [-0.15, -0.1) is 0 Å². The van der Waals surface area contributed by atoms with Gasteiger partial charge < -0.3 is 20.3 Å². The number of aliphatic hydroxyl groups is 1. The Bertz CT molecular complexity index is 877. The number of hydrogen-bond acceptors (Lipinski definition) is 5. The van der Waals surface area contributed by atoms with E-state index in [1.165, 1.54) is 6.20 Å². The summed E-state index contributed by atoms with van der Waals surface area (Å²) >= 11 is 6.21. The summed E-state index contributed by atoms with van der Waals surface area (Å²) in [4.78, 5) is 32.1. The molecule has 3 N–H and O–H groups in total. The summed E-state index contributed by atoms with van der Waals surface area (Å²) in [5.41, 5.74) is -0.319. The van der Waals surface area contributed by atoms with Crippen LogP contribution in [0.25, 0.3) is 0 Å². The van der Waals surface area contributed by atoms with Crippen molar-refractivity contribution in [1.82, 2.24) is 15.3 Å². The quantitative estimate of drug-likeness (QED) is 0.729. The molecule has 144 valence electrons. The molecule has 0 saturated heterocycles. The number of aromatic amines is 1. The second kappa shape index (κ2) is 8.10. The van der Waals surface area contributed by atoms with Gasteiger partial charge in [0.2, 0.25) is 0 Å². The number of benzene rings is 1. The van der Waals surface area contributed by atoms with Gasteiger partial charge in [-0.05, 0) is 37.1 Å². The van der Waals surface area contributed by atoms with Crippen LogP contribution in [0, 0.1) is 0 Å². The average Bonchev–Trinajstić information content (AvgIpc) is 2.66. The molecule has 1 amide bonds. The number of nitrogens with one attached hydrogen (secondary N) is 2. The second-order valence-electron chi connectivity index (χ2n) is 6.94. The highest BCUT2D eigenvalue weighted by molar-refractivity contribution is 6.34. The summed E-state index contributed by atoms with van der Waals surface area (Å²) in [7, 11) is 1.75. The van der Waals surface area contributed by atoms with E-state index in [1.807, 2.05) is 0 Å². The van der Waals surface area contributed by atoms with Gasteiger partial charge in [-0.25, -0.2) is 4.79 Å². The number of nitrogens with zero attached hydrogens (tertiary/aromatic N) is 2. The van der Waals surface area contributed by atoms with Gasteiger partial charge >= 0.3 is 5.69 Å². The summed E-state index contributed by atoms with van der Waals surface area (Å²) in [5, 5.41) is 13.7. The molecule has 0 atom stereocenters. The smallest absolute Gasteiger partial charge is 0.346 e. The molecule has 1 aliphatic rings. The zero-order valence-electron chi connectivity index (χ0n) is 15.2. The van der Waals surface area contributed by atoms with Crippen LogP contribution in [0.15, 0.2) is 35.3 Å². The number of amides is 1. The zero-order chi connectivity index (χ0) is 19.4. The van der Waals surface area contributed by atoms with E-state index >= 15 is 0 Å². The summed E-state index contributed by atoms with van der Waals surface area (Å²) in [6.07, 6.45) is 5.95. The van der Waals surface area contributed by atoms with Gasteiger partial charge in [0.15, 0.2) is 0 Å². The molecule has 1 aromatic carbocycles. The predicted molar refractivity (Wildman–Crippen MR) is 105 cm³/mol. The van der Waals surface area contributed by atoms with E-state index in [0.717, 1.165) is 19.3 Å². The Balaban J connectivity index is 1.76. The molecule has 0 aliphatic heterocycles. The lowest BCUT2D eigenvalue weighted by atomic mass is 9.85. The molecular weight excluding hydrogens is 368 g/mol. The fourth-order valence-corrected chi connectivity index (χ4v) is 3.51. The molecule has 7 nitrogen and oxygen atoms in total. The van der Waals surface area contributed by atoms with Crippen LogP contribution >= 0.6 is 11.6 Å². The van der Waals surface area contributed by atoms with E-state index in [1.54, 1.807) is 36.2 Å². The number of anilines is 2. The molecule has 2 aromatic rings. The predicted octanol–water partition coefficient (Wildman–Crippen LogP) is 2.62. The van der Waals surface area contributed by atoms with E-state index in [9.17, 15) is 14.7 Å². The van der Waals surface area contributed by atoms with Crippen molar-refractivity contribution in [3.8, 4) is 0 Å². The molecule has 1 aromatic heterocycles. The molecule has 1 saturated carbocycles. The molecule has 0 radical (unpaired) electrons. The Morgan fingerprint density at radius 2 is 2.07 bits per heavy atom. The molecule has 27 heavy (non-hydrogen) atoms. The van der Waals surface area contributed by atoms with Crippen molar-refractivity contribution in [1.29, 1.82) is 0 Å². The molecular formula is C19H23ClN4O3. The lowest BCUT2D eigenvalue weighted by molar-refractivity contribution is 0.00526. The first-order chi connectivity index (χ1) is 12.9. The number of carbonyl (C=O) groups excluding carboxylic acids is 1. The lowest BCUT2D eigenvalue weighted by Crippen LogP contribution is -2.44. The third-order valence-electron chi connectivity index (χ3n) is 4.94. The van der Waals surface area contributed by atoms with E-state index < -0.39 is 11.3 Å². The van der Waals surface area contributed by atoms with E-state index in [2.05, 4.69) is 15.3 Å². The van der Waals surface area contributed by atoms with Crippen LogP contribution in [0.2, 0.25) is 5.02 Å². The second-order valence-corrected chi connectivity index (χ2v) is 7.35. The van der Waals surface area contributed by atoms with E-state index in [0.29, 0.717) is 34.9 Å². The number of aromatic nitrogens is 2. The van der Waals surface area contributed by atoms with Gasteiger partial charge in [-0.1, -0.05) is 30.9 Å². The maximum Gasteiger partial charge on any atom is 0.346 e. The monoisotopic (exact) mass is 390 g/mol. The highest BCUT2D eigenvalue weighted by Gasteiger charge is 2.29. The first kappa shape index (κ1) is 19.4. The first-order valence-electron chi connectivity index (χ1n) is 8.98. The normalized spacial score (nSPS) is 16.0. The number of H-pyrrole nitrogens is 1. The third-order valence-corrected chi connectivity index (χ3v) is 5.27. The van der Waals surface area contributed by atoms with Crippen molar-refractivity contribution in [2.75, 3.05) is 18.5 Å². The topological polar surface area (TPSA) is 98.3 Å². The SMILES string of the molecule is CN(c1ccc(Cl)c(C(=O)NCC2(O)CCCCC2)c1)c1cc[nH]c(=O)n1. The van der Waals surface area contributed by atoms with Gasteiger partial charge in [-0.3, -0.25) is 4.79 Å². The average molecular weight is 391 g/mol. The van der Waals surface area contributed by atoms with Crippen molar-refractivity contribution in [2.24, 2.45) is 0 Å². The number of halogens is 1. The van der Waals surface area contributed by atoms with Crippen LogP contribution in [0.3, 0.4) is 0 Å². The fraction of sp³-hybridized carbons (Fsp3) is 0.421. The molecule has 0 bridgehead atoms. The lowest BCUT2D eigenvalue weighted by Gasteiger charge is -2.32. The van der Waals surface area contributed by atoms with Crippen molar-refractivity contribution in [3.05, 3.63) is 51.5 Å². The molecule has 3 rings (SSSR count). The van der Waals surface area contributed by atoms with Gasteiger partial charge in [0.25, 0.3) is 5.91 Å². The highest BCUT2D eigenvalue weighted by atomic mass is 35.5.